The van der Waals surface area contributed by atoms with Gasteiger partial charge >= 0.3 is 5.97 Å². The number of anilines is 3. The Kier molecular flexibility index (Phi) is 6.86. The monoisotopic (exact) mass is 459 g/mol. The first-order valence-corrected chi connectivity index (χ1v) is 11.0. The predicted molar refractivity (Wildman–Crippen MR) is 130 cm³/mol. The topological polar surface area (TPSA) is 127 Å². The summed E-state index contributed by atoms with van der Waals surface area (Å²) in [5.41, 5.74) is 9.47. The van der Waals surface area contributed by atoms with E-state index in [1.54, 1.807) is 18.4 Å². The molecule has 2 aromatic heterocycles. The van der Waals surface area contributed by atoms with Gasteiger partial charge in [0, 0.05) is 10.9 Å². The minimum Gasteiger partial charge on any atom is -0.461 e. The molecule has 0 aliphatic rings. The number of benzene rings is 2. The quantitative estimate of drug-likeness (QED) is 0.208. The molecule has 0 atom stereocenters. The van der Waals surface area contributed by atoms with Crippen LogP contribution >= 0.6 is 11.3 Å². The normalized spacial score (nSPS) is 11.1. The van der Waals surface area contributed by atoms with Crippen molar-refractivity contribution in [3.8, 4) is 11.3 Å². The summed E-state index contributed by atoms with van der Waals surface area (Å²) in [7, 11) is 0. The maximum Gasteiger partial charge on any atom is 0.357 e. The Hall–Kier alpha value is -4.31. The minimum atomic E-state index is -0.455. The van der Waals surface area contributed by atoms with E-state index >= 15 is 0 Å². The molecule has 0 aliphatic carbocycles. The average molecular weight is 460 g/mol. The number of para-hydroxylation sites is 2. The molecule has 0 bridgehead atoms. The maximum atomic E-state index is 11.8. The molecule has 10 heteroatoms. The summed E-state index contributed by atoms with van der Waals surface area (Å²) >= 11 is 1.30. The van der Waals surface area contributed by atoms with E-state index in [9.17, 15) is 4.79 Å². The summed E-state index contributed by atoms with van der Waals surface area (Å²) in [6.07, 6.45) is 0. The summed E-state index contributed by atoms with van der Waals surface area (Å²) < 4.78 is 4.98. The van der Waals surface area contributed by atoms with Crippen molar-refractivity contribution in [2.45, 2.75) is 6.92 Å². The van der Waals surface area contributed by atoms with Gasteiger partial charge in [0.05, 0.1) is 23.7 Å². The number of carbonyl (C=O) groups excluding carboxylic acids is 1. The number of hydrogen-bond donors (Lipinski definition) is 3. The Balaban J connectivity index is 1.46. The number of carbonyl (C=O) groups is 1. The van der Waals surface area contributed by atoms with E-state index in [4.69, 9.17) is 10.5 Å². The van der Waals surface area contributed by atoms with Crippen LogP contribution in [0.1, 0.15) is 17.4 Å². The molecule has 0 radical (unpaired) electrons. The lowest BCUT2D eigenvalue weighted by molar-refractivity contribution is 0.0520. The first-order valence-electron chi connectivity index (χ1n) is 10.1. The van der Waals surface area contributed by atoms with Crippen molar-refractivity contribution in [2.24, 2.45) is 10.7 Å². The van der Waals surface area contributed by atoms with Gasteiger partial charge in [-0.3, -0.25) is 0 Å². The molecule has 4 aromatic rings. The maximum absolute atomic E-state index is 11.8. The zero-order valence-corrected chi connectivity index (χ0v) is 18.5. The number of ether oxygens (including phenoxy) is 1. The second kappa shape index (κ2) is 10.3. The number of esters is 1. The number of nitrogens with two attached hydrogens (primary N) is 1. The molecule has 0 amide bonds. The van der Waals surface area contributed by atoms with E-state index in [-0.39, 0.29) is 11.7 Å². The van der Waals surface area contributed by atoms with E-state index in [1.807, 2.05) is 60.7 Å². The third-order valence-corrected chi connectivity index (χ3v) is 5.13. The Labute approximate surface area is 194 Å². The molecular formula is C23H21N7O2S. The molecule has 0 fully saturated rings. The molecular weight excluding hydrogens is 438 g/mol. The Morgan fingerprint density at radius 2 is 1.79 bits per heavy atom. The summed E-state index contributed by atoms with van der Waals surface area (Å²) in [6.45, 7) is 2.05. The lowest BCUT2D eigenvalue weighted by Gasteiger charge is -2.11. The molecule has 0 saturated carbocycles. The highest BCUT2D eigenvalue weighted by atomic mass is 32.1. The van der Waals surface area contributed by atoms with E-state index in [1.165, 1.54) is 11.3 Å². The fourth-order valence-corrected chi connectivity index (χ4v) is 3.58. The van der Waals surface area contributed by atoms with Crippen LogP contribution in [-0.2, 0) is 4.74 Å². The van der Waals surface area contributed by atoms with Gasteiger partial charge in [-0.2, -0.15) is 4.99 Å². The third-order valence-electron chi connectivity index (χ3n) is 4.38. The summed E-state index contributed by atoms with van der Waals surface area (Å²) in [5, 5.41) is 16.8. The van der Waals surface area contributed by atoms with Crippen molar-refractivity contribution in [2.75, 3.05) is 17.2 Å². The summed E-state index contributed by atoms with van der Waals surface area (Å²) in [6, 6.07) is 20.8. The molecule has 0 spiro atoms. The fourth-order valence-electron chi connectivity index (χ4n) is 2.88. The highest BCUT2D eigenvalue weighted by molar-refractivity contribution is 7.14. The molecule has 4 rings (SSSR count). The van der Waals surface area contributed by atoms with Crippen molar-refractivity contribution in [1.29, 1.82) is 0 Å². The SMILES string of the molecule is CCOC(=O)c1csc(Nc2ccccc2NC(N)=Nc2ccc(-c3ccccc3)nn2)n1. The molecule has 0 saturated heterocycles. The van der Waals surface area contributed by atoms with E-state index in [2.05, 4.69) is 30.8 Å². The van der Waals surface area contributed by atoms with Crippen LogP contribution < -0.4 is 16.4 Å². The second-order valence-electron chi connectivity index (χ2n) is 6.69. The largest absolute Gasteiger partial charge is 0.461 e. The van der Waals surface area contributed by atoms with Crippen LogP contribution in [0, 0.1) is 0 Å². The number of aromatic nitrogens is 3. The lowest BCUT2D eigenvalue weighted by atomic mass is 10.1. The average Bonchev–Trinajstić information content (AvgIpc) is 3.30. The van der Waals surface area contributed by atoms with Crippen LogP contribution in [0.25, 0.3) is 11.3 Å². The van der Waals surface area contributed by atoms with Crippen molar-refractivity contribution in [3.63, 3.8) is 0 Å². The smallest absolute Gasteiger partial charge is 0.357 e. The number of guanidine groups is 1. The van der Waals surface area contributed by atoms with Crippen LogP contribution in [0.15, 0.2) is 77.1 Å². The van der Waals surface area contributed by atoms with Gasteiger partial charge in [0.15, 0.2) is 22.6 Å². The van der Waals surface area contributed by atoms with Gasteiger partial charge in [0.25, 0.3) is 0 Å². The number of aliphatic imine (C=N–C) groups is 1. The molecule has 9 nitrogen and oxygen atoms in total. The van der Waals surface area contributed by atoms with Gasteiger partial charge in [0.2, 0.25) is 0 Å². The number of hydrogen-bond acceptors (Lipinski definition) is 8. The van der Waals surface area contributed by atoms with Crippen molar-refractivity contribution in [3.05, 3.63) is 77.8 Å². The van der Waals surface area contributed by atoms with Gasteiger partial charge in [-0.15, -0.1) is 21.5 Å². The molecule has 0 aliphatic heterocycles. The standard InChI is InChI=1S/C23H21N7O2S/c1-2-32-21(31)19-14-33-23(27-19)26-18-11-7-6-10-17(18)25-22(24)28-20-13-12-16(29-30-20)15-8-4-3-5-9-15/h3-14H,2H2,1H3,(H,26,27)(H3,24,25,28,30). The zero-order chi connectivity index (χ0) is 23.0. The molecule has 2 aromatic carbocycles. The number of rotatable bonds is 7. The van der Waals surface area contributed by atoms with Gasteiger partial charge in [-0.1, -0.05) is 42.5 Å². The fraction of sp³-hybridized carbons (Fsp3) is 0.0870. The molecule has 2 heterocycles. The first-order chi connectivity index (χ1) is 16.1. The van der Waals surface area contributed by atoms with Crippen molar-refractivity contribution < 1.29 is 9.53 Å². The van der Waals surface area contributed by atoms with Crippen molar-refractivity contribution >= 4 is 45.6 Å². The predicted octanol–water partition coefficient (Wildman–Crippen LogP) is 4.58. The van der Waals surface area contributed by atoms with Crippen LogP contribution in [0.5, 0.6) is 0 Å². The number of nitrogens with one attached hydrogen (secondary N) is 2. The Morgan fingerprint density at radius 3 is 2.52 bits per heavy atom. The van der Waals surface area contributed by atoms with Gasteiger partial charge in [-0.05, 0) is 31.2 Å². The van der Waals surface area contributed by atoms with Crippen LogP contribution in [0.2, 0.25) is 0 Å². The Bertz CT molecular complexity index is 1260. The number of thiazole rings is 1. The summed E-state index contributed by atoms with van der Waals surface area (Å²) in [4.78, 5) is 20.4. The number of nitrogens with zero attached hydrogens (tertiary/aromatic N) is 4. The highest BCUT2D eigenvalue weighted by Crippen LogP contribution is 2.27. The van der Waals surface area contributed by atoms with E-state index in [0.717, 1.165) is 11.3 Å². The highest BCUT2D eigenvalue weighted by Gasteiger charge is 2.13. The van der Waals surface area contributed by atoms with E-state index < -0.39 is 5.97 Å². The Morgan fingerprint density at radius 1 is 1.03 bits per heavy atom. The summed E-state index contributed by atoms with van der Waals surface area (Å²) in [5.74, 6) is 0.0745. The van der Waals surface area contributed by atoms with Gasteiger partial charge in [-0.25, -0.2) is 9.78 Å². The second-order valence-corrected chi connectivity index (χ2v) is 7.55. The molecule has 166 valence electrons. The first kappa shape index (κ1) is 21.9. The van der Waals surface area contributed by atoms with E-state index in [0.29, 0.717) is 28.9 Å². The van der Waals surface area contributed by atoms with Crippen LogP contribution in [0.3, 0.4) is 0 Å². The molecule has 4 N–H and O–H groups in total. The van der Waals surface area contributed by atoms with Crippen LogP contribution in [-0.4, -0.2) is 33.7 Å². The lowest BCUT2D eigenvalue weighted by Crippen LogP contribution is -2.22. The third kappa shape index (κ3) is 5.69. The van der Waals surface area contributed by atoms with Crippen molar-refractivity contribution in [1.82, 2.24) is 15.2 Å². The van der Waals surface area contributed by atoms with Gasteiger partial charge < -0.3 is 21.1 Å². The zero-order valence-electron chi connectivity index (χ0n) is 17.7. The molecule has 0 unspecified atom stereocenters. The minimum absolute atomic E-state index is 0.150. The van der Waals surface area contributed by atoms with Crippen LogP contribution in [0.4, 0.5) is 22.3 Å². The van der Waals surface area contributed by atoms with Gasteiger partial charge in [0.1, 0.15) is 0 Å². The molecule has 33 heavy (non-hydrogen) atoms.